The van der Waals surface area contributed by atoms with Gasteiger partial charge < -0.3 is 4.74 Å². The summed E-state index contributed by atoms with van der Waals surface area (Å²) in [5.41, 5.74) is -2.42. The second-order valence-electron chi connectivity index (χ2n) is 7.93. The summed E-state index contributed by atoms with van der Waals surface area (Å²) < 4.78 is 76.6. The number of alkyl halides is 3. The van der Waals surface area contributed by atoms with E-state index in [2.05, 4.69) is 0 Å². The van der Waals surface area contributed by atoms with Gasteiger partial charge >= 0.3 is 6.18 Å². The number of carbonyl (C=O) groups is 1. The van der Waals surface area contributed by atoms with Crippen molar-refractivity contribution >= 4 is 33.1 Å². The van der Waals surface area contributed by atoms with Crippen LogP contribution >= 0.6 is 11.6 Å². The minimum Gasteiger partial charge on any atom is -0.355 e. The molecule has 3 atom stereocenters. The highest BCUT2D eigenvalue weighted by Crippen LogP contribution is 2.59. The first kappa shape index (κ1) is 22.1. The molecular weight excluding hydrogens is 455 g/mol. The Morgan fingerprint density at radius 2 is 1.87 bits per heavy atom. The molecule has 0 N–H and O–H groups in total. The largest absolute Gasteiger partial charge is 0.421 e. The predicted molar refractivity (Wildman–Crippen MR) is 109 cm³/mol. The second-order valence-corrected chi connectivity index (χ2v) is 10.2. The van der Waals surface area contributed by atoms with Gasteiger partial charge in [0, 0.05) is 23.4 Å². The molecule has 2 bridgehead atoms. The SMILES string of the molecule is CC(=O)C[C@@H]1O[C@]2(C(F)(F)F)C[C@H]1N(S(=O)(=O)c1ccc(C)cc1)c1ccc(Cl)cc12. The number of Topliss-reactive ketones (excluding diaryl/α,β-unsaturated/α-hetero) is 1. The number of anilines is 1. The van der Waals surface area contributed by atoms with Crippen molar-refractivity contribution in [3.05, 3.63) is 58.6 Å². The first-order valence-corrected chi connectivity index (χ1v) is 11.3. The number of hydrogen-bond acceptors (Lipinski definition) is 4. The van der Waals surface area contributed by atoms with Crippen LogP contribution in [0.1, 0.15) is 30.9 Å². The molecule has 2 aromatic carbocycles. The van der Waals surface area contributed by atoms with Gasteiger partial charge in [-0.15, -0.1) is 0 Å². The van der Waals surface area contributed by atoms with Crippen molar-refractivity contribution in [1.82, 2.24) is 0 Å². The molecule has 2 aromatic rings. The van der Waals surface area contributed by atoms with E-state index in [-0.39, 0.29) is 27.6 Å². The molecule has 0 aliphatic carbocycles. The van der Waals surface area contributed by atoms with Crippen LogP contribution in [0.5, 0.6) is 0 Å². The first-order chi connectivity index (χ1) is 14.4. The summed E-state index contributed by atoms with van der Waals surface area (Å²) in [5, 5.41) is 0.0205. The second kappa shape index (κ2) is 7.21. The van der Waals surface area contributed by atoms with E-state index in [0.717, 1.165) is 15.9 Å². The van der Waals surface area contributed by atoms with E-state index < -0.39 is 46.2 Å². The summed E-state index contributed by atoms with van der Waals surface area (Å²) in [6.45, 7) is 3.02. The number of fused-ring (bicyclic) bond motifs is 4. The molecule has 4 rings (SSSR count). The standard InChI is InChI=1S/C21H19ClF3NO4S/c1-12-3-6-15(7-4-12)31(28,29)26-17-8-5-14(22)10-16(17)20(21(23,24)25)11-18(26)19(30-20)9-13(2)27/h3-8,10,18-19H,9,11H2,1-2H3/t18-,19+,20-/m1/s1. The smallest absolute Gasteiger partial charge is 0.355 e. The topological polar surface area (TPSA) is 63.7 Å². The van der Waals surface area contributed by atoms with E-state index in [0.29, 0.717) is 0 Å². The summed E-state index contributed by atoms with van der Waals surface area (Å²) in [4.78, 5) is 11.7. The zero-order chi connectivity index (χ0) is 22.8. The molecule has 1 fully saturated rings. The number of halogens is 4. The lowest BCUT2D eigenvalue weighted by atomic mass is 9.83. The Balaban J connectivity index is 1.97. The quantitative estimate of drug-likeness (QED) is 0.642. The fourth-order valence-corrected chi connectivity index (χ4v) is 6.21. The fraction of sp³-hybridized carbons (Fsp3) is 0.381. The van der Waals surface area contributed by atoms with Gasteiger partial charge in [-0.25, -0.2) is 8.42 Å². The van der Waals surface area contributed by atoms with Gasteiger partial charge in [0.25, 0.3) is 10.0 Å². The highest BCUT2D eigenvalue weighted by Gasteiger charge is 2.69. The monoisotopic (exact) mass is 473 g/mol. The molecule has 166 valence electrons. The Kier molecular flexibility index (Phi) is 5.14. The third-order valence-corrected chi connectivity index (χ3v) is 7.82. The Morgan fingerprint density at radius 1 is 1.23 bits per heavy atom. The van der Waals surface area contributed by atoms with Crippen molar-refractivity contribution in [1.29, 1.82) is 0 Å². The minimum absolute atomic E-state index is 0.0205. The molecule has 0 spiro atoms. The zero-order valence-electron chi connectivity index (χ0n) is 16.6. The molecule has 10 heteroatoms. The maximum Gasteiger partial charge on any atom is 0.421 e. The third kappa shape index (κ3) is 3.43. The van der Waals surface area contributed by atoms with Gasteiger partial charge in [0.1, 0.15) is 5.78 Å². The molecule has 31 heavy (non-hydrogen) atoms. The highest BCUT2D eigenvalue weighted by atomic mass is 35.5. The lowest BCUT2D eigenvalue weighted by Crippen LogP contribution is -2.51. The van der Waals surface area contributed by atoms with E-state index >= 15 is 0 Å². The molecule has 2 aliphatic heterocycles. The number of ketones is 1. The van der Waals surface area contributed by atoms with Gasteiger partial charge in [-0.2, -0.15) is 13.2 Å². The number of benzene rings is 2. The minimum atomic E-state index is -4.84. The average molecular weight is 474 g/mol. The summed E-state index contributed by atoms with van der Waals surface area (Å²) in [7, 11) is -4.25. The van der Waals surface area contributed by atoms with Crippen LogP contribution in [0, 0.1) is 6.92 Å². The van der Waals surface area contributed by atoms with E-state index in [1.54, 1.807) is 19.1 Å². The number of nitrogens with zero attached hydrogens (tertiary/aromatic N) is 1. The lowest BCUT2D eigenvalue weighted by Gasteiger charge is -2.40. The van der Waals surface area contributed by atoms with E-state index in [1.807, 2.05) is 0 Å². The van der Waals surface area contributed by atoms with Crippen LogP contribution < -0.4 is 4.31 Å². The summed E-state index contributed by atoms with van der Waals surface area (Å²) >= 11 is 6.00. The highest BCUT2D eigenvalue weighted by molar-refractivity contribution is 7.92. The molecule has 2 aliphatic rings. The van der Waals surface area contributed by atoms with Crippen molar-refractivity contribution in [3.63, 3.8) is 0 Å². The molecule has 0 aromatic heterocycles. The van der Waals surface area contributed by atoms with E-state index in [4.69, 9.17) is 16.3 Å². The summed E-state index contributed by atoms with van der Waals surface area (Å²) in [6.07, 6.45) is -7.10. The van der Waals surface area contributed by atoms with Crippen LogP contribution in [0.25, 0.3) is 0 Å². The Bertz CT molecular complexity index is 1150. The molecule has 1 saturated heterocycles. The van der Waals surface area contributed by atoms with Crippen molar-refractivity contribution in [3.8, 4) is 0 Å². The van der Waals surface area contributed by atoms with Crippen molar-refractivity contribution in [2.24, 2.45) is 0 Å². The number of rotatable bonds is 4. The molecule has 0 amide bonds. The Hall–Kier alpha value is -2.10. The molecule has 5 nitrogen and oxygen atoms in total. The van der Waals surface area contributed by atoms with Crippen molar-refractivity contribution in [2.75, 3.05) is 4.31 Å². The maximum absolute atomic E-state index is 14.3. The maximum atomic E-state index is 14.3. The van der Waals surface area contributed by atoms with Gasteiger partial charge in [-0.1, -0.05) is 29.3 Å². The van der Waals surface area contributed by atoms with Crippen LogP contribution in [0.2, 0.25) is 5.02 Å². The number of sulfonamides is 1. The average Bonchev–Trinajstić information content (AvgIpc) is 2.98. The molecular formula is C21H19ClF3NO4S. The van der Waals surface area contributed by atoms with Crippen LogP contribution in [-0.4, -0.2) is 32.5 Å². The van der Waals surface area contributed by atoms with Crippen LogP contribution in [0.4, 0.5) is 18.9 Å². The fourth-order valence-electron chi connectivity index (χ4n) is 4.35. The van der Waals surface area contributed by atoms with Crippen LogP contribution in [-0.2, 0) is 25.2 Å². The van der Waals surface area contributed by atoms with Gasteiger partial charge in [0.05, 0.1) is 22.7 Å². The molecule has 0 saturated carbocycles. The number of ether oxygens (including phenoxy) is 1. The van der Waals surface area contributed by atoms with Gasteiger partial charge in [0.2, 0.25) is 0 Å². The molecule has 0 unspecified atom stereocenters. The van der Waals surface area contributed by atoms with Crippen LogP contribution in [0.15, 0.2) is 47.4 Å². The van der Waals surface area contributed by atoms with Gasteiger partial charge in [-0.05, 0) is 44.2 Å². The van der Waals surface area contributed by atoms with Crippen LogP contribution in [0.3, 0.4) is 0 Å². The number of aryl methyl sites for hydroxylation is 1. The first-order valence-electron chi connectivity index (χ1n) is 9.52. The summed E-state index contributed by atoms with van der Waals surface area (Å²) in [5.74, 6) is -0.398. The number of hydrogen-bond donors (Lipinski definition) is 0. The predicted octanol–water partition coefficient (Wildman–Crippen LogP) is 4.75. The van der Waals surface area contributed by atoms with Crippen molar-refractivity contribution in [2.45, 2.75) is 55.5 Å². The molecule has 2 heterocycles. The Labute approximate surface area is 182 Å². The van der Waals surface area contributed by atoms with Crippen molar-refractivity contribution < 1.29 is 31.1 Å². The van der Waals surface area contributed by atoms with E-state index in [1.165, 1.54) is 31.2 Å². The van der Waals surface area contributed by atoms with E-state index in [9.17, 15) is 26.4 Å². The summed E-state index contributed by atoms with van der Waals surface area (Å²) in [6, 6.07) is 8.51. The lowest BCUT2D eigenvalue weighted by molar-refractivity contribution is -0.277. The zero-order valence-corrected chi connectivity index (χ0v) is 18.2. The Morgan fingerprint density at radius 3 is 2.45 bits per heavy atom. The van der Waals surface area contributed by atoms with Gasteiger partial charge in [-0.3, -0.25) is 9.10 Å². The molecule has 0 radical (unpaired) electrons. The number of carbonyl (C=O) groups excluding carboxylic acids is 1. The third-order valence-electron chi connectivity index (χ3n) is 5.73. The normalized spacial score (nSPS) is 25.4. The van der Waals surface area contributed by atoms with Gasteiger partial charge in [0.15, 0.2) is 5.60 Å².